The number of nitro benzene ring substituents is 1. The van der Waals surface area contributed by atoms with E-state index in [1.165, 1.54) is 18.2 Å². The van der Waals surface area contributed by atoms with E-state index in [4.69, 9.17) is 0 Å². The van der Waals surface area contributed by atoms with Crippen molar-refractivity contribution < 1.29 is 14.1 Å². The van der Waals surface area contributed by atoms with Crippen LogP contribution in [0.1, 0.15) is 42.1 Å². The third-order valence-corrected chi connectivity index (χ3v) is 4.31. The Kier molecular flexibility index (Phi) is 4.88. The normalized spacial score (nSPS) is 18.5. The minimum absolute atomic E-state index is 0.0505. The summed E-state index contributed by atoms with van der Waals surface area (Å²) in [6.07, 6.45) is 0.818. The molecule has 26 heavy (non-hydrogen) atoms. The topological polar surface area (TPSA) is 84.3 Å². The molecule has 0 unspecified atom stereocenters. The summed E-state index contributed by atoms with van der Waals surface area (Å²) in [6, 6.07) is 10.7. The molecule has 6 nitrogen and oxygen atoms in total. The molecule has 136 valence electrons. The molecular formula is C19H20FN3O3. The van der Waals surface area contributed by atoms with Gasteiger partial charge in [-0.3, -0.25) is 14.9 Å². The van der Waals surface area contributed by atoms with Crippen molar-refractivity contribution in [3.05, 3.63) is 69.5 Å². The molecule has 0 aromatic heterocycles. The monoisotopic (exact) mass is 357 g/mol. The third-order valence-electron chi connectivity index (χ3n) is 4.31. The Balaban J connectivity index is 1.75. The molecule has 3 rings (SSSR count). The lowest BCUT2D eigenvalue weighted by Crippen LogP contribution is -2.30. The standard InChI is InChI=1S/C19H20FN3O3/c1-11(2)21-19(24)13-5-8-16(18(9-13)23(25)26)22-17-10-15(17)12-3-6-14(20)7-4-12/h3-9,11,15,17,22H,10H2,1-2H3,(H,21,24)/t15-,17+/m0/s1. The summed E-state index contributed by atoms with van der Waals surface area (Å²) in [5.41, 5.74) is 1.50. The van der Waals surface area contributed by atoms with Crippen LogP contribution in [0.4, 0.5) is 15.8 Å². The van der Waals surface area contributed by atoms with E-state index >= 15 is 0 Å². The van der Waals surface area contributed by atoms with Crippen molar-refractivity contribution in [1.82, 2.24) is 5.32 Å². The second kappa shape index (κ2) is 7.11. The zero-order valence-electron chi connectivity index (χ0n) is 14.5. The fourth-order valence-electron chi connectivity index (χ4n) is 2.92. The van der Waals surface area contributed by atoms with Gasteiger partial charge in [0.1, 0.15) is 11.5 Å². The maximum atomic E-state index is 13.0. The number of benzene rings is 2. The van der Waals surface area contributed by atoms with Crippen LogP contribution < -0.4 is 10.6 Å². The number of hydrogen-bond donors (Lipinski definition) is 2. The van der Waals surface area contributed by atoms with Crippen LogP contribution in [0.25, 0.3) is 0 Å². The largest absolute Gasteiger partial charge is 0.376 e. The minimum atomic E-state index is -0.496. The van der Waals surface area contributed by atoms with Crippen molar-refractivity contribution in [2.45, 2.75) is 38.3 Å². The summed E-state index contributed by atoms with van der Waals surface area (Å²) >= 11 is 0. The van der Waals surface area contributed by atoms with Crippen molar-refractivity contribution in [2.24, 2.45) is 0 Å². The highest BCUT2D eigenvalue weighted by molar-refractivity contribution is 5.95. The molecule has 7 heteroatoms. The van der Waals surface area contributed by atoms with Gasteiger partial charge in [0.15, 0.2) is 0 Å². The lowest BCUT2D eigenvalue weighted by molar-refractivity contribution is -0.384. The predicted octanol–water partition coefficient (Wildman–Crippen LogP) is 3.84. The molecule has 0 radical (unpaired) electrons. The van der Waals surface area contributed by atoms with Crippen LogP contribution >= 0.6 is 0 Å². The highest BCUT2D eigenvalue weighted by Gasteiger charge is 2.39. The maximum Gasteiger partial charge on any atom is 0.293 e. The van der Waals surface area contributed by atoms with Crippen LogP contribution in [-0.4, -0.2) is 22.9 Å². The minimum Gasteiger partial charge on any atom is -0.376 e. The van der Waals surface area contributed by atoms with Gasteiger partial charge in [0.25, 0.3) is 11.6 Å². The number of nitrogens with one attached hydrogen (secondary N) is 2. The van der Waals surface area contributed by atoms with Gasteiger partial charge < -0.3 is 10.6 Å². The third kappa shape index (κ3) is 3.99. The molecule has 2 aromatic rings. The molecule has 0 heterocycles. The smallest absolute Gasteiger partial charge is 0.293 e. The van der Waals surface area contributed by atoms with Gasteiger partial charge in [0.05, 0.1) is 4.92 Å². The van der Waals surface area contributed by atoms with Gasteiger partial charge >= 0.3 is 0 Å². The summed E-state index contributed by atoms with van der Waals surface area (Å²) < 4.78 is 13.0. The molecule has 1 aliphatic carbocycles. The van der Waals surface area contributed by atoms with Crippen molar-refractivity contribution in [3.8, 4) is 0 Å². The van der Waals surface area contributed by atoms with Crippen LogP contribution in [0.2, 0.25) is 0 Å². The molecule has 1 amide bonds. The number of amides is 1. The SMILES string of the molecule is CC(C)NC(=O)c1ccc(N[C@@H]2C[C@H]2c2ccc(F)cc2)c([N+](=O)[O-])c1. The van der Waals surface area contributed by atoms with Crippen LogP contribution in [-0.2, 0) is 0 Å². The molecule has 1 aliphatic rings. The molecule has 0 aliphatic heterocycles. The molecule has 2 atom stereocenters. The number of hydrogen-bond acceptors (Lipinski definition) is 4. The van der Waals surface area contributed by atoms with E-state index in [0.29, 0.717) is 5.69 Å². The van der Waals surface area contributed by atoms with Gasteiger partial charge in [-0.25, -0.2) is 4.39 Å². The van der Waals surface area contributed by atoms with E-state index in [9.17, 15) is 19.3 Å². The first-order valence-corrected chi connectivity index (χ1v) is 8.46. The van der Waals surface area contributed by atoms with Crippen molar-refractivity contribution in [2.75, 3.05) is 5.32 Å². The molecule has 0 spiro atoms. The highest BCUT2D eigenvalue weighted by Crippen LogP contribution is 2.44. The Hall–Kier alpha value is -2.96. The summed E-state index contributed by atoms with van der Waals surface area (Å²) in [5, 5.41) is 17.3. The van der Waals surface area contributed by atoms with E-state index in [0.717, 1.165) is 12.0 Å². The number of halogens is 1. The number of carbonyl (C=O) groups is 1. The summed E-state index contributed by atoms with van der Waals surface area (Å²) in [6.45, 7) is 3.65. The van der Waals surface area contributed by atoms with Crippen molar-refractivity contribution >= 4 is 17.3 Å². The Bertz CT molecular complexity index is 836. The number of carbonyl (C=O) groups excluding carboxylic acids is 1. The zero-order valence-corrected chi connectivity index (χ0v) is 14.5. The lowest BCUT2D eigenvalue weighted by atomic mass is 10.1. The Labute approximate surface area is 150 Å². The number of nitrogens with zero attached hydrogens (tertiary/aromatic N) is 1. The van der Waals surface area contributed by atoms with Gasteiger partial charge in [-0.2, -0.15) is 0 Å². The fourth-order valence-corrected chi connectivity index (χ4v) is 2.92. The molecular weight excluding hydrogens is 337 g/mol. The quantitative estimate of drug-likeness (QED) is 0.608. The van der Waals surface area contributed by atoms with Gasteiger partial charge in [-0.15, -0.1) is 0 Å². The van der Waals surface area contributed by atoms with Crippen molar-refractivity contribution in [3.63, 3.8) is 0 Å². The molecule has 2 aromatic carbocycles. The lowest BCUT2D eigenvalue weighted by Gasteiger charge is -2.11. The summed E-state index contributed by atoms with van der Waals surface area (Å²) in [7, 11) is 0. The van der Waals surface area contributed by atoms with Gasteiger partial charge in [0.2, 0.25) is 0 Å². The van der Waals surface area contributed by atoms with E-state index < -0.39 is 4.92 Å². The van der Waals surface area contributed by atoms with E-state index in [-0.39, 0.29) is 41.0 Å². The van der Waals surface area contributed by atoms with Gasteiger partial charge in [-0.1, -0.05) is 12.1 Å². The molecule has 1 saturated carbocycles. The molecule has 2 N–H and O–H groups in total. The summed E-state index contributed by atoms with van der Waals surface area (Å²) in [4.78, 5) is 23.0. The van der Waals surface area contributed by atoms with Crippen LogP contribution in [0.5, 0.6) is 0 Å². The maximum absolute atomic E-state index is 13.0. The number of nitro groups is 1. The highest BCUT2D eigenvalue weighted by atomic mass is 19.1. The zero-order chi connectivity index (χ0) is 18.8. The fraction of sp³-hybridized carbons (Fsp3) is 0.316. The Morgan fingerprint density at radius 1 is 1.23 bits per heavy atom. The second-order valence-electron chi connectivity index (χ2n) is 6.76. The predicted molar refractivity (Wildman–Crippen MR) is 96.9 cm³/mol. The number of rotatable bonds is 6. The van der Waals surface area contributed by atoms with E-state index in [1.807, 2.05) is 13.8 Å². The second-order valence-corrected chi connectivity index (χ2v) is 6.76. The number of anilines is 1. The average molecular weight is 357 g/mol. The Morgan fingerprint density at radius 3 is 2.54 bits per heavy atom. The molecule has 1 fully saturated rings. The average Bonchev–Trinajstić information content (AvgIpc) is 3.34. The van der Waals surface area contributed by atoms with Crippen molar-refractivity contribution in [1.29, 1.82) is 0 Å². The van der Waals surface area contributed by atoms with Crippen LogP contribution in [0.3, 0.4) is 0 Å². The van der Waals surface area contributed by atoms with Gasteiger partial charge in [-0.05, 0) is 50.1 Å². The summed E-state index contributed by atoms with van der Waals surface area (Å²) in [5.74, 6) is -0.436. The van der Waals surface area contributed by atoms with Crippen LogP contribution in [0.15, 0.2) is 42.5 Å². The van der Waals surface area contributed by atoms with E-state index in [2.05, 4.69) is 10.6 Å². The van der Waals surface area contributed by atoms with E-state index in [1.54, 1.807) is 24.3 Å². The first kappa shape index (κ1) is 17.8. The van der Waals surface area contributed by atoms with Gasteiger partial charge in [0, 0.05) is 29.6 Å². The first-order valence-electron chi connectivity index (χ1n) is 8.46. The molecule has 0 saturated heterocycles. The molecule has 0 bridgehead atoms. The Morgan fingerprint density at radius 2 is 1.92 bits per heavy atom. The first-order chi connectivity index (χ1) is 12.3. The van der Waals surface area contributed by atoms with Crippen LogP contribution in [0, 0.1) is 15.9 Å².